The summed E-state index contributed by atoms with van der Waals surface area (Å²) in [5.74, 6) is 0. The van der Waals surface area contributed by atoms with Gasteiger partial charge in [0.15, 0.2) is 0 Å². The van der Waals surface area contributed by atoms with E-state index in [9.17, 15) is 0 Å². The van der Waals surface area contributed by atoms with Crippen LogP contribution in [-0.4, -0.2) is 29.6 Å². The Morgan fingerprint density at radius 3 is 3.06 bits per heavy atom. The molecule has 1 aliphatic heterocycles. The first-order valence-corrected chi connectivity index (χ1v) is 6.50. The Balaban J connectivity index is 2.14. The number of rotatable bonds is 4. The van der Waals surface area contributed by atoms with Crippen LogP contribution in [0.25, 0.3) is 0 Å². The number of quaternary nitrogens is 1. The van der Waals surface area contributed by atoms with Crippen molar-refractivity contribution in [2.75, 3.05) is 20.1 Å². The van der Waals surface area contributed by atoms with Crippen molar-refractivity contribution in [2.45, 2.75) is 38.6 Å². The van der Waals surface area contributed by atoms with Gasteiger partial charge >= 0.3 is 0 Å². The van der Waals surface area contributed by atoms with Crippen LogP contribution in [0.5, 0.6) is 0 Å². The number of hydrogen-bond acceptors (Lipinski definition) is 1. The molecule has 2 heterocycles. The van der Waals surface area contributed by atoms with Crippen LogP contribution in [0.2, 0.25) is 0 Å². The number of likely N-dealkylation sites (tertiary alicyclic amines) is 1. The first-order valence-electron chi connectivity index (χ1n) is 6.50. The van der Waals surface area contributed by atoms with Crippen molar-refractivity contribution in [3.8, 4) is 0 Å². The summed E-state index contributed by atoms with van der Waals surface area (Å²) in [5.41, 5.74) is 1.43. The molecule has 2 rings (SSSR count). The van der Waals surface area contributed by atoms with Gasteiger partial charge in [-0.2, -0.15) is 0 Å². The van der Waals surface area contributed by atoms with Crippen molar-refractivity contribution in [1.29, 1.82) is 0 Å². The highest BCUT2D eigenvalue weighted by Gasteiger charge is 2.38. The Kier molecular flexibility index (Phi) is 3.59. The zero-order valence-electron chi connectivity index (χ0n) is 10.5. The topological polar surface area (TPSA) is 12.9 Å². The van der Waals surface area contributed by atoms with E-state index < -0.39 is 0 Å². The zero-order valence-corrected chi connectivity index (χ0v) is 10.5. The average molecular weight is 219 g/mol. The number of pyridine rings is 1. The number of hydrogen-bond donors (Lipinski definition) is 0. The van der Waals surface area contributed by atoms with Crippen LogP contribution in [-0.2, 0) is 0 Å². The SMILES string of the molecule is CCCC[N+]1(C)CCC[C@H]1c1cccnc1. The maximum absolute atomic E-state index is 4.27. The molecular formula is C14H23N2+. The minimum atomic E-state index is 0.681. The molecule has 1 aliphatic rings. The largest absolute Gasteiger partial charge is 0.320 e. The summed E-state index contributed by atoms with van der Waals surface area (Å²) >= 11 is 0. The highest BCUT2D eigenvalue weighted by molar-refractivity contribution is 5.12. The van der Waals surface area contributed by atoms with Gasteiger partial charge in [-0.1, -0.05) is 19.4 Å². The highest BCUT2D eigenvalue weighted by Crippen LogP contribution is 2.37. The van der Waals surface area contributed by atoms with E-state index in [4.69, 9.17) is 0 Å². The molecule has 0 N–H and O–H groups in total. The maximum Gasteiger partial charge on any atom is 0.116 e. The van der Waals surface area contributed by atoms with Crippen molar-refractivity contribution in [3.63, 3.8) is 0 Å². The van der Waals surface area contributed by atoms with Crippen molar-refractivity contribution >= 4 is 0 Å². The lowest BCUT2D eigenvalue weighted by molar-refractivity contribution is -0.927. The van der Waals surface area contributed by atoms with Gasteiger partial charge in [-0.15, -0.1) is 0 Å². The summed E-state index contributed by atoms with van der Waals surface area (Å²) < 4.78 is 1.22. The predicted molar refractivity (Wildman–Crippen MR) is 67.0 cm³/mol. The van der Waals surface area contributed by atoms with E-state index in [1.807, 2.05) is 6.20 Å². The summed E-state index contributed by atoms with van der Waals surface area (Å²) in [6.07, 6.45) is 9.25. The van der Waals surface area contributed by atoms with E-state index in [-0.39, 0.29) is 0 Å². The molecule has 0 amide bonds. The van der Waals surface area contributed by atoms with E-state index in [0.717, 1.165) is 0 Å². The van der Waals surface area contributed by atoms with E-state index in [1.165, 1.54) is 48.8 Å². The molecule has 0 bridgehead atoms. The summed E-state index contributed by atoms with van der Waals surface area (Å²) in [4.78, 5) is 4.27. The Labute approximate surface area is 98.9 Å². The number of unbranched alkanes of at least 4 members (excludes halogenated alkanes) is 1. The zero-order chi connectivity index (χ0) is 11.4. The first kappa shape index (κ1) is 11.6. The summed E-state index contributed by atoms with van der Waals surface area (Å²) in [5, 5.41) is 0. The lowest BCUT2D eigenvalue weighted by atomic mass is 10.1. The van der Waals surface area contributed by atoms with Gasteiger partial charge in [0, 0.05) is 30.8 Å². The molecule has 0 spiro atoms. The van der Waals surface area contributed by atoms with Crippen molar-refractivity contribution in [3.05, 3.63) is 30.1 Å². The van der Waals surface area contributed by atoms with Crippen LogP contribution < -0.4 is 0 Å². The van der Waals surface area contributed by atoms with Crippen LogP contribution in [0.4, 0.5) is 0 Å². The van der Waals surface area contributed by atoms with E-state index in [2.05, 4.69) is 37.3 Å². The molecule has 1 aromatic heterocycles. The molecule has 0 radical (unpaired) electrons. The predicted octanol–water partition coefficient (Wildman–Crippen LogP) is 3.16. The molecule has 2 nitrogen and oxygen atoms in total. The Bertz CT molecular complexity index is 323. The van der Waals surface area contributed by atoms with E-state index in [1.54, 1.807) is 0 Å². The molecule has 0 aliphatic carbocycles. The Morgan fingerprint density at radius 1 is 1.50 bits per heavy atom. The van der Waals surface area contributed by atoms with Gasteiger partial charge in [-0.05, 0) is 12.5 Å². The second-order valence-corrected chi connectivity index (χ2v) is 5.22. The second-order valence-electron chi connectivity index (χ2n) is 5.22. The molecule has 1 unspecified atom stereocenters. The number of aromatic nitrogens is 1. The molecule has 1 saturated heterocycles. The van der Waals surface area contributed by atoms with Gasteiger partial charge in [0.2, 0.25) is 0 Å². The third-order valence-electron chi connectivity index (χ3n) is 3.99. The van der Waals surface area contributed by atoms with E-state index in [0.29, 0.717) is 6.04 Å². The number of nitrogens with zero attached hydrogens (tertiary/aromatic N) is 2. The smallest absolute Gasteiger partial charge is 0.116 e. The molecule has 0 saturated carbocycles. The molecule has 1 fully saturated rings. The van der Waals surface area contributed by atoms with Gasteiger partial charge < -0.3 is 4.48 Å². The van der Waals surface area contributed by atoms with Crippen LogP contribution in [0.3, 0.4) is 0 Å². The standard InChI is InChI=1S/C14H23N2/c1-3-4-10-16(2)11-6-8-14(16)13-7-5-9-15-12-13/h5,7,9,12,14H,3-4,6,8,10-11H2,1-2H3/q+1/t14-,16?/m0/s1. The fourth-order valence-electron chi connectivity index (χ4n) is 3.00. The molecule has 16 heavy (non-hydrogen) atoms. The molecule has 88 valence electrons. The average Bonchev–Trinajstić information content (AvgIpc) is 2.70. The first-order chi connectivity index (χ1) is 7.76. The summed E-state index contributed by atoms with van der Waals surface area (Å²) in [6, 6.07) is 4.99. The maximum atomic E-state index is 4.27. The third kappa shape index (κ3) is 2.27. The third-order valence-corrected chi connectivity index (χ3v) is 3.99. The molecule has 2 heteroatoms. The summed E-state index contributed by atoms with van der Waals surface area (Å²) in [6.45, 7) is 4.93. The molecule has 0 aromatic carbocycles. The lowest BCUT2D eigenvalue weighted by Gasteiger charge is -2.36. The summed E-state index contributed by atoms with van der Waals surface area (Å²) in [7, 11) is 2.42. The normalized spacial score (nSPS) is 29.5. The molecule has 2 atom stereocenters. The highest BCUT2D eigenvalue weighted by atomic mass is 15.4. The van der Waals surface area contributed by atoms with Crippen LogP contribution in [0.15, 0.2) is 24.5 Å². The Morgan fingerprint density at radius 2 is 2.38 bits per heavy atom. The fourth-order valence-corrected chi connectivity index (χ4v) is 3.00. The van der Waals surface area contributed by atoms with E-state index >= 15 is 0 Å². The minimum absolute atomic E-state index is 0.681. The van der Waals surface area contributed by atoms with Gasteiger partial charge in [-0.25, -0.2) is 0 Å². The van der Waals surface area contributed by atoms with Crippen LogP contribution in [0, 0.1) is 0 Å². The van der Waals surface area contributed by atoms with Gasteiger partial charge in [0.25, 0.3) is 0 Å². The second kappa shape index (κ2) is 4.96. The molecule has 1 aromatic rings. The van der Waals surface area contributed by atoms with Crippen LogP contribution in [0.1, 0.15) is 44.2 Å². The molecular weight excluding hydrogens is 196 g/mol. The van der Waals surface area contributed by atoms with Gasteiger partial charge in [-0.3, -0.25) is 4.98 Å². The Hall–Kier alpha value is -0.890. The van der Waals surface area contributed by atoms with Crippen LogP contribution >= 0.6 is 0 Å². The minimum Gasteiger partial charge on any atom is -0.320 e. The fraction of sp³-hybridized carbons (Fsp3) is 0.643. The van der Waals surface area contributed by atoms with Crippen molar-refractivity contribution < 1.29 is 4.48 Å². The van der Waals surface area contributed by atoms with Gasteiger partial charge in [0.05, 0.1) is 20.1 Å². The lowest BCUT2D eigenvalue weighted by Crippen LogP contribution is -2.43. The van der Waals surface area contributed by atoms with Gasteiger partial charge in [0.1, 0.15) is 6.04 Å². The quantitative estimate of drug-likeness (QED) is 0.709. The monoisotopic (exact) mass is 219 g/mol. The van der Waals surface area contributed by atoms with Crippen molar-refractivity contribution in [1.82, 2.24) is 4.98 Å². The van der Waals surface area contributed by atoms with Crippen molar-refractivity contribution in [2.24, 2.45) is 0 Å².